The highest BCUT2D eigenvalue weighted by atomic mass is 15.0. The molecule has 0 aliphatic heterocycles. The number of aromatic nitrogens is 2. The quantitative estimate of drug-likeness (QED) is 0.136. The van der Waals surface area contributed by atoms with Gasteiger partial charge in [-0.3, -0.25) is 0 Å². The molecule has 12 aromatic carbocycles. The minimum Gasteiger partial charge on any atom is -0.309 e. The second-order valence-corrected chi connectivity index (χ2v) is 18.1. The number of para-hydroxylation sites is 2. The van der Waals surface area contributed by atoms with Crippen LogP contribution in [-0.4, -0.2) is 9.13 Å². The molecule has 0 aliphatic carbocycles. The van der Waals surface area contributed by atoms with Crippen LogP contribution >= 0.6 is 0 Å². The lowest BCUT2D eigenvalue weighted by molar-refractivity contribution is 1.17. The van der Waals surface area contributed by atoms with Gasteiger partial charge in [-0.25, -0.2) is 0 Å². The second-order valence-electron chi connectivity index (χ2n) is 18.1. The first-order valence-electron chi connectivity index (χ1n) is 31.8. The van der Waals surface area contributed by atoms with Gasteiger partial charge in [-0.2, -0.15) is 0 Å². The lowest BCUT2D eigenvalue weighted by Crippen LogP contribution is -1.97. The summed E-state index contributed by atoms with van der Waals surface area (Å²) in [6, 6.07) is 56.9. The standard InChI is InChI=1S/C72H48N2/c1-6-22-49(23-7-1)56-46-63(52-28-12-4-13-29-52)72(64(47-56)53-30-14-5-15-31-53)54-32-20-33-57(44-54)73-68-39-19-17-35-62(68)66-48-58(41-43-70(66)73)74-67-38-18-16-34-61(67)65-45-55(40-42-69(65)74)71-59(50-24-8-2-9-25-50)36-21-37-60(71)51-26-10-3-11-27-51/h1-48H/i1D,4D,5D,6D,7D,12D,13D,14D,15D,22D,23D,28D,29D,30D,31D. The molecule has 0 N–H and O–H groups in total. The molecule has 74 heavy (non-hydrogen) atoms. The molecule has 0 spiro atoms. The Morgan fingerprint density at radius 2 is 0.649 bits per heavy atom. The van der Waals surface area contributed by atoms with Crippen LogP contribution in [0.25, 0.3) is 133 Å². The van der Waals surface area contributed by atoms with Crippen molar-refractivity contribution in [2.45, 2.75) is 0 Å². The summed E-state index contributed by atoms with van der Waals surface area (Å²) in [6.45, 7) is 0. The number of fused-ring (bicyclic) bond motifs is 6. The molecule has 2 aromatic heterocycles. The van der Waals surface area contributed by atoms with E-state index in [1.807, 2.05) is 48.5 Å². The zero-order chi connectivity index (χ0) is 62.0. The molecule has 2 heteroatoms. The molecule has 0 saturated carbocycles. The molecule has 0 unspecified atom stereocenters. The summed E-state index contributed by atoms with van der Waals surface area (Å²) in [5, 5.41) is 3.99. The summed E-state index contributed by atoms with van der Waals surface area (Å²) in [5.74, 6) is 0. The van der Waals surface area contributed by atoms with Gasteiger partial charge in [0.05, 0.1) is 42.6 Å². The average Bonchev–Trinajstić information content (AvgIpc) is 1.77. The topological polar surface area (TPSA) is 9.86 Å². The molecule has 2 heterocycles. The Bertz CT molecular complexity index is 5090. The highest BCUT2D eigenvalue weighted by Crippen LogP contribution is 2.46. The molecule has 346 valence electrons. The van der Waals surface area contributed by atoms with Crippen molar-refractivity contribution in [3.05, 3.63) is 291 Å². The Labute approximate surface area is 452 Å². The number of hydrogen-bond donors (Lipinski definition) is 0. The molecule has 0 fully saturated rings. The summed E-state index contributed by atoms with van der Waals surface area (Å²) < 4.78 is 138. The Hall–Kier alpha value is -9.76. The van der Waals surface area contributed by atoms with Gasteiger partial charge in [0, 0.05) is 32.9 Å². The van der Waals surface area contributed by atoms with Gasteiger partial charge >= 0.3 is 0 Å². The van der Waals surface area contributed by atoms with Gasteiger partial charge in [-0.15, -0.1) is 0 Å². The predicted octanol–water partition coefficient (Wildman–Crippen LogP) is 19.5. The highest BCUT2D eigenvalue weighted by Gasteiger charge is 2.22. The molecule has 14 rings (SSSR count). The Morgan fingerprint density at radius 1 is 0.230 bits per heavy atom. The van der Waals surface area contributed by atoms with E-state index < -0.39 is 90.6 Å². The molecule has 0 aliphatic rings. The summed E-state index contributed by atoms with van der Waals surface area (Å²) in [6.07, 6.45) is 0. The first kappa shape index (κ1) is 30.2. The van der Waals surface area contributed by atoms with Crippen molar-refractivity contribution in [1.82, 2.24) is 9.13 Å². The fourth-order valence-electron chi connectivity index (χ4n) is 10.8. The van der Waals surface area contributed by atoms with Gasteiger partial charge in [0.1, 0.15) is 0 Å². The molecule has 0 bridgehead atoms. The van der Waals surface area contributed by atoms with Crippen molar-refractivity contribution >= 4 is 43.6 Å². The third-order valence-electron chi connectivity index (χ3n) is 14.0. The lowest BCUT2D eigenvalue weighted by atomic mass is 9.84. The molecular formula is C72H48N2. The largest absolute Gasteiger partial charge is 0.309 e. The van der Waals surface area contributed by atoms with Gasteiger partial charge in [0.25, 0.3) is 0 Å². The molecule has 2 nitrogen and oxygen atoms in total. The molecule has 14 aromatic rings. The van der Waals surface area contributed by atoms with Gasteiger partial charge in [0.2, 0.25) is 0 Å². The zero-order valence-electron chi connectivity index (χ0n) is 54.4. The van der Waals surface area contributed by atoms with Crippen LogP contribution in [0, 0.1) is 0 Å². The van der Waals surface area contributed by atoms with E-state index in [4.69, 9.17) is 15.1 Å². The van der Waals surface area contributed by atoms with E-state index in [1.54, 1.807) is 12.1 Å². The molecule has 0 amide bonds. The number of hydrogen-bond acceptors (Lipinski definition) is 0. The maximum absolute atomic E-state index is 9.36. The van der Waals surface area contributed by atoms with E-state index in [9.17, 15) is 5.48 Å². The highest BCUT2D eigenvalue weighted by molar-refractivity contribution is 6.14. The Balaban J connectivity index is 0.998. The van der Waals surface area contributed by atoms with Gasteiger partial charge in [-0.05, 0) is 145 Å². The number of benzene rings is 12. The van der Waals surface area contributed by atoms with Crippen LogP contribution in [-0.2, 0) is 0 Å². The summed E-state index contributed by atoms with van der Waals surface area (Å²) >= 11 is 0. The van der Waals surface area contributed by atoms with E-state index in [1.165, 1.54) is 12.1 Å². The summed E-state index contributed by atoms with van der Waals surface area (Å²) in [7, 11) is 0. The van der Waals surface area contributed by atoms with E-state index in [2.05, 4.69) is 137 Å². The van der Waals surface area contributed by atoms with Crippen LogP contribution in [0.2, 0.25) is 0 Å². The van der Waals surface area contributed by atoms with Crippen molar-refractivity contribution < 1.29 is 20.6 Å². The van der Waals surface area contributed by atoms with Crippen LogP contribution in [0.5, 0.6) is 0 Å². The van der Waals surface area contributed by atoms with Crippen LogP contribution in [0.1, 0.15) is 20.6 Å². The van der Waals surface area contributed by atoms with Crippen LogP contribution < -0.4 is 0 Å². The SMILES string of the molecule is [2H]c1c([2H])c([2H])c(-c2cc(-c3c([2H])c([2H])c([2H])c([2H])c3[2H])c(-c3cccc(-n4c5ccccc5c5cc(-n6c7ccccc7c7cc(-c8c(-c9ccccc9)cccc8-c8ccccc8)ccc76)ccc54)c3)c(-c3c([2H])c([2H])c([2H])c([2H])c3[2H])c2)c([2H])c1[2H]. The Morgan fingerprint density at radius 3 is 1.22 bits per heavy atom. The average molecular weight is 956 g/mol. The van der Waals surface area contributed by atoms with Crippen molar-refractivity contribution in [3.8, 4) is 89.3 Å². The van der Waals surface area contributed by atoms with Gasteiger partial charge in [-0.1, -0.05) is 224 Å². The molecule has 0 radical (unpaired) electrons. The van der Waals surface area contributed by atoms with Gasteiger partial charge < -0.3 is 9.13 Å². The monoisotopic (exact) mass is 955 g/mol. The third-order valence-corrected chi connectivity index (χ3v) is 14.0. The fraction of sp³-hybridized carbons (Fsp3) is 0. The van der Waals surface area contributed by atoms with Crippen molar-refractivity contribution in [3.63, 3.8) is 0 Å². The number of nitrogens with zero attached hydrogens (tertiary/aromatic N) is 2. The predicted molar refractivity (Wildman–Crippen MR) is 313 cm³/mol. The first-order valence-corrected chi connectivity index (χ1v) is 24.3. The summed E-state index contributed by atoms with van der Waals surface area (Å²) in [4.78, 5) is 0. The van der Waals surface area contributed by atoms with Crippen LogP contribution in [0.15, 0.2) is 291 Å². The minimum absolute atomic E-state index is 0.0810. The Kier molecular flexibility index (Phi) is 7.40. The molecular weight excluding hydrogens is 893 g/mol. The fourth-order valence-corrected chi connectivity index (χ4v) is 10.8. The molecule has 0 saturated heterocycles. The van der Waals surface area contributed by atoms with Crippen molar-refractivity contribution in [2.75, 3.05) is 0 Å². The van der Waals surface area contributed by atoms with E-state index >= 15 is 0 Å². The van der Waals surface area contributed by atoms with Gasteiger partial charge in [0.15, 0.2) is 0 Å². The number of rotatable bonds is 9. The van der Waals surface area contributed by atoms with E-state index in [-0.39, 0.29) is 38.9 Å². The maximum Gasteiger partial charge on any atom is 0.0629 e. The smallest absolute Gasteiger partial charge is 0.0629 e. The van der Waals surface area contributed by atoms with Crippen molar-refractivity contribution in [1.29, 1.82) is 0 Å². The summed E-state index contributed by atoms with van der Waals surface area (Å²) in [5.41, 5.74) is 11.0. The van der Waals surface area contributed by atoms with Crippen LogP contribution in [0.3, 0.4) is 0 Å². The first-order chi connectivity index (χ1) is 42.9. The minimum atomic E-state index is -0.685. The zero-order valence-corrected chi connectivity index (χ0v) is 39.4. The second kappa shape index (κ2) is 18.1. The maximum atomic E-state index is 9.36. The lowest BCUT2D eigenvalue weighted by Gasteiger charge is -2.20. The van der Waals surface area contributed by atoms with E-state index in [0.717, 1.165) is 82.7 Å². The molecule has 0 atom stereocenters. The van der Waals surface area contributed by atoms with Crippen LogP contribution in [0.4, 0.5) is 0 Å². The third kappa shape index (κ3) is 7.35. The van der Waals surface area contributed by atoms with Crippen molar-refractivity contribution in [2.24, 2.45) is 0 Å². The normalized spacial score (nSPS) is 14.4. The van der Waals surface area contributed by atoms with E-state index in [0.29, 0.717) is 11.3 Å².